The number of fused-ring (bicyclic) bond motifs is 5. The normalized spacial score (nSPS) is 14.0. The van der Waals surface area contributed by atoms with E-state index < -0.39 is 0 Å². The van der Waals surface area contributed by atoms with Crippen LogP contribution in [0.1, 0.15) is 59.4 Å². The number of rotatable bonds is 4. The molecule has 0 unspecified atom stereocenters. The van der Waals surface area contributed by atoms with E-state index >= 15 is 0 Å². The van der Waals surface area contributed by atoms with Gasteiger partial charge in [-0.05, 0) is 104 Å². The Kier molecular flexibility index (Phi) is 6.12. The lowest BCUT2D eigenvalue weighted by Gasteiger charge is -2.18. The molecule has 1 saturated carbocycles. The molecular weight excluding hydrogens is 542 g/mol. The SMILES string of the molecule is Cc1cc(C)c2c3c(C)cc(Oc4cc(C5CCCC5)c5c(C)ccc(O)c5n4)cc3n(-c3nccc4ccccc34)c2c1. The number of aromatic nitrogens is 3. The maximum absolute atomic E-state index is 10.9. The van der Waals surface area contributed by atoms with Gasteiger partial charge in [0.2, 0.25) is 5.88 Å². The summed E-state index contributed by atoms with van der Waals surface area (Å²) in [6.07, 6.45) is 6.64. The first-order valence-corrected chi connectivity index (χ1v) is 15.6. The molecule has 0 saturated heterocycles. The highest BCUT2D eigenvalue weighted by molar-refractivity contribution is 6.13. The van der Waals surface area contributed by atoms with Crippen LogP contribution < -0.4 is 4.74 Å². The van der Waals surface area contributed by atoms with Crippen molar-refractivity contribution in [2.24, 2.45) is 0 Å². The third-order valence-electron chi connectivity index (χ3n) is 9.52. The lowest BCUT2D eigenvalue weighted by atomic mass is 9.92. The minimum absolute atomic E-state index is 0.190. The standard InChI is InChI=1S/C39H35N3O2/c1-22-17-24(3)36-31(18-22)42(39-29-12-8-7-11-27(29)15-16-40-39)32-20-28(19-25(4)37(32)36)44-34-21-30(26-9-5-6-10-26)35-23(2)13-14-33(43)38(35)41-34/h7-8,11-21,26,43H,5-6,9-10H2,1-4H3. The van der Waals surface area contributed by atoms with Crippen LogP contribution in [0, 0.1) is 27.7 Å². The Hall–Kier alpha value is -4.90. The van der Waals surface area contributed by atoms with Gasteiger partial charge < -0.3 is 9.84 Å². The van der Waals surface area contributed by atoms with E-state index in [0.717, 1.165) is 57.0 Å². The third kappa shape index (κ3) is 4.14. The Morgan fingerprint density at radius 2 is 1.52 bits per heavy atom. The van der Waals surface area contributed by atoms with Crippen LogP contribution in [0.5, 0.6) is 17.4 Å². The van der Waals surface area contributed by atoms with Crippen LogP contribution >= 0.6 is 0 Å². The molecule has 0 amide bonds. The second-order valence-corrected chi connectivity index (χ2v) is 12.6. The zero-order chi connectivity index (χ0) is 30.1. The molecule has 8 rings (SSSR count). The molecule has 1 fully saturated rings. The molecule has 1 aliphatic rings. The van der Waals surface area contributed by atoms with Gasteiger partial charge >= 0.3 is 0 Å². The minimum atomic E-state index is 0.190. The smallest absolute Gasteiger partial charge is 0.220 e. The zero-order valence-corrected chi connectivity index (χ0v) is 25.6. The molecule has 0 spiro atoms. The number of benzene rings is 4. The molecule has 1 N–H and O–H groups in total. The predicted molar refractivity (Wildman–Crippen MR) is 180 cm³/mol. The summed E-state index contributed by atoms with van der Waals surface area (Å²) in [7, 11) is 0. The number of hydrogen-bond acceptors (Lipinski definition) is 4. The highest BCUT2D eigenvalue weighted by Crippen LogP contribution is 2.44. The van der Waals surface area contributed by atoms with E-state index in [1.165, 1.54) is 40.3 Å². The Bertz CT molecular complexity index is 2270. The first-order chi connectivity index (χ1) is 21.4. The zero-order valence-electron chi connectivity index (χ0n) is 25.6. The van der Waals surface area contributed by atoms with Crippen molar-refractivity contribution in [3.63, 3.8) is 0 Å². The molecule has 5 nitrogen and oxygen atoms in total. The van der Waals surface area contributed by atoms with E-state index in [2.05, 4.69) is 92.9 Å². The van der Waals surface area contributed by atoms with Crippen molar-refractivity contribution in [3.05, 3.63) is 107 Å². The molecule has 0 aliphatic heterocycles. The van der Waals surface area contributed by atoms with Crippen LogP contribution in [0.15, 0.2) is 79.0 Å². The van der Waals surface area contributed by atoms with Crippen LogP contribution in [-0.2, 0) is 0 Å². The Morgan fingerprint density at radius 1 is 0.773 bits per heavy atom. The molecule has 0 radical (unpaired) electrons. The fourth-order valence-electron chi connectivity index (χ4n) is 7.62. The minimum Gasteiger partial charge on any atom is -0.506 e. The van der Waals surface area contributed by atoms with Crippen molar-refractivity contribution >= 4 is 43.5 Å². The number of pyridine rings is 2. The number of aromatic hydroxyl groups is 1. The van der Waals surface area contributed by atoms with Crippen LogP contribution in [-0.4, -0.2) is 19.6 Å². The summed E-state index contributed by atoms with van der Waals surface area (Å²) < 4.78 is 8.93. The molecule has 218 valence electrons. The quantitative estimate of drug-likeness (QED) is 0.226. The number of nitrogens with zero attached hydrogens (tertiary/aromatic N) is 3. The molecule has 3 aromatic heterocycles. The average molecular weight is 578 g/mol. The van der Waals surface area contributed by atoms with E-state index in [9.17, 15) is 5.11 Å². The maximum atomic E-state index is 10.9. The van der Waals surface area contributed by atoms with E-state index in [4.69, 9.17) is 14.7 Å². The van der Waals surface area contributed by atoms with Gasteiger partial charge in [0, 0.05) is 39.9 Å². The van der Waals surface area contributed by atoms with E-state index in [-0.39, 0.29) is 5.75 Å². The monoisotopic (exact) mass is 577 g/mol. The summed E-state index contributed by atoms with van der Waals surface area (Å²) in [6, 6.07) is 25.1. The number of ether oxygens (including phenoxy) is 1. The van der Waals surface area contributed by atoms with Gasteiger partial charge in [-0.2, -0.15) is 0 Å². The molecular formula is C39H35N3O2. The number of phenolic OH excluding ortho intramolecular Hbond substituents is 1. The largest absolute Gasteiger partial charge is 0.506 e. The predicted octanol–water partition coefficient (Wildman–Crippen LogP) is 10.3. The van der Waals surface area contributed by atoms with Gasteiger partial charge in [-0.15, -0.1) is 0 Å². The molecule has 0 bridgehead atoms. The van der Waals surface area contributed by atoms with Crippen molar-refractivity contribution in [2.75, 3.05) is 0 Å². The van der Waals surface area contributed by atoms with Gasteiger partial charge in [0.25, 0.3) is 0 Å². The Labute approximate surface area is 256 Å². The molecule has 5 heteroatoms. The molecule has 3 heterocycles. The highest BCUT2D eigenvalue weighted by Gasteiger charge is 2.24. The van der Waals surface area contributed by atoms with Gasteiger partial charge in [0.15, 0.2) is 0 Å². The fourth-order valence-corrected chi connectivity index (χ4v) is 7.62. The fraction of sp³-hybridized carbons (Fsp3) is 0.231. The molecule has 1 aliphatic carbocycles. The number of aryl methyl sites for hydroxylation is 4. The summed E-state index contributed by atoms with van der Waals surface area (Å²) in [5, 5.41) is 16.6. The average Bonchev–Trinajstić information content (AvgIpc) is 3.66. The van der Waals surface area contributed by atoms with Crippen molar-refractivity contribution in [1.82, 2.24) is 14.5 Å². The van der Waals surface area contributed by atoms with E-state index in [1.807, 2.05) is 12.3 Å². The highest BCUT2D eigenvalue weighted by atomic mass is 16.5. The van der Waals surface area contributed by atoms with Gasteiger partial charge in [-0.25, -0.2) is 9.97 Å². The van der Waals surface area contributed by atoms with Crippen LogP contribution in [0.2, 0.25) is 0 Å². The van der Waals surface area contributed by atoms with Crippen LogP contribution in [0.4, 0.5) is 0 Å². The number of hydrogen-bond donors (Lipinski definition) is 1. The lowest BCUT2D eigenvalue weighted by molar-refractivity contribution is 0.458. The summed E-state index contributed by atoms with van der Waals surface area (Å²) in [6.45, 7) is 8.60. The summed E-state index contributed by atoms with van der Waals surface area (Å²) in [4.78, 5) is 9.81. The van der Waals surface area contributed by atoms with Crippen molar-refractivity contribution < 1.29 is 9.84 Å². The lowest BCUT2D eigenvalue weighted by Crippen LogP contribution is -2.01. The van der Waals surface area contributed by atoms with Gasteiger partial charge in [-0.1, -0.05) is 49.2 Å². The summed E-state index contributed by atoms with van der Waals surface area (Å²) in [5.41, 5.74) is 8.73. The first kappa shape index (κ1) is 26.7. The summed E-state index contributed by atoms with van der Waals surface area (Å²) >= 11 is 0. The Morgan fingerprint density at radius 3 is 2.34 bits per heavy atom. The van der Waals surface area contributed by atoms with Gasteiger partial charge in [0.05, 0.1) is 11.0 Å². The summed E-state index contributed by atoms with van der Waals surface area (Å²) in [5.74, 6) is 2.76. The van der Waals surface area contributed by atoms with E-state index in [1.54, 1.807) is 6.07 Å². The molecule has 0 atom stereocenters. The second-order valence-electron chi connectivity index (χ2n) is 12.6. The second kappa shape index (κ2) is 10.1. The van der Waals surface area contributed by atoms with Crippen LogP contribution in [0.25, 0.3) is 49.3 Å². The van der Waals surface area contributed by atoms with Crippen molar-refractivity contribution in [2.45, 2.75) is 59.3 Å². The Balaban J connectivity index is 1.37. The number of phenols is 1. The molecule has 4 aromatic carbocycles. The topological polar surface area (TPSA) is 60.2 Å². The molecule has 7 aromatic rings. The first-order valence-electron chi connectivity index (χ1n) is 15.6. The third-order valence-corrected chi connectivity index (χ3v) is 9.52. The molecule has 44 heavy (non-hydrogen) atoms. The maximum Gasteiger partial charge on any atom is 0.220 e. The van der Waals surface area contributed by atoms with Gasteiger partial charge in [0.1, 0.15) is 22.8 Å². The van der Waals surface area contributed by atoms with Crippen molar-refractivity contribution in [3.8, 4) is 23.2 Å². The van der Waals surface area contributed by atoms with Crippen molar-refractivity contribution in [1.29, 1.82) is 0 Å². The van der Waals surface area contributed by atoms with Crippen LogP contribution in [0.3, 0.4) is 0 Å². The van der Waals surface area contributed by atoms with Gasteiger partial charge in [-0.3, -0.25) is 4.57 Å². The van der Waals surface area contributed by atoms with E-state index in [0.29, 0.717) is 23.1 Å².